The van der Waals surface area contributed by atoms with Gasteiger partial charge in [0, 0.05) is 13.5 Å². The Hall–Kier alpha value is -0.610. The highest BCUT2D eigenvalue weighted by Gasteiger charge is 1.98. The lowest BCUT2D eigenvalue weighted by Crippen LogP contribution is -2.07. The summed E-state index contributed by atoms with van der Waals surface area (Å²) in [6.07, 6.45) is 2.03. The van der Waals surface area contributed by atoms with E-state index in [1.165, 1.54) is 0 Å². The number of rotatable bonds is 4. The third kappa shape index (κ3) is 22.8. The van der Waals surface area contributed by atoms with Crippen molar-refractivity contribution in [2.24, 2.45) is 0 Å². The van der Waals surface area contributed by atoms with Crippen LogP contribution in [0, 0.1) is 0 Å². The summed E-state index contributed by atoms with van der Waals surface area (Å²) >= 11 is 0. The van der Waals surface area contributed by atoms with Gasteiger partial charge in [0.15, 0.2) is 0 Å². The Bertz CT molecular complexity index is 93.2. The van der Waals surface area contributed by atoms with Gasteiger partial charge in [0.25, 0.3) is 5.97 Å². The van der Waals surface area contributed by atoms with Crippen LogP contribution in [0.25, 0.3) is 0 Å². The Balaban J connectivity index is 0. The molecule has 0 aliphatic heterocycles. The average molecular weight is 178 g/mol. The molecular weight excluding hydrogens is 160 g/mol. The van der Waals surface area contributed by atoms with Crippen LogP contribution >= 0.6 is 0 Å². The van der Waals surface area contributed by atoms with Crippen molar-refractivity contribution in [2.45, 2.75) is 39.2 Å². The smallest absolute Gasteiger partial charge is 0.300 e. The lowest BCUT2D eigenvalue weighted by molar-refractivity contribution is -0.134. The molecule has 0 radical (unpaired) electrons. The van der Waals surface area contributed by atoms with Crippen LogP contribution in [0.5, 0.6) is 0 Å². The summed E-state index contributed by atoms with van der Waals surface area (Å²) in [6.45, 7) is 3.20. The second-order valence-electron chi connectivity index (χ2n) is 2.47. The number of hydrogen-bond donors (Lipinski definition) is 3. The maximum absolute atomic E-state index is 9.00. The lowest BCUT2D eigenvalue weighted by Gasteiger charge is -2.04. The van der Waals surface area contributed by atoms with Gasteiger partial charge in [-0.2, -0.15) is 0 Å². The van der Waals surface area contributed by atoms with E-state index in [9.17, 15) is 0 Å². The molecule has 0 saturated carbocycles. The van der Waals surface area contributed by atoms with Crippen molar-refractivity contribution in [1.82, 2.24) is 0 Å². The third-order valence-corrected chi connectivity index (χ3v) is 1.08. The summed E-state index contributed by atoms with van der Waals surface area (Å²) in [5.74, 6) is -0.833. The fourth-order valence-corrected chi connectivity index (χ4v) is 0.627. The summed E-state index contributed by atoms with van der Waals surface area (Å²) < 4.78 is 0. The first-order valence-electron chi connectivity index (χ1n) is 4.03. The SMILES string of the molecule is CC(=O)O.CCCC(O)CCO. The zero-order chi connectivity index (χ0) is 9.98. The molecule has 74 valence electrons. The van der Waals surface area contributed by atoms with Gasteiger partial charge in [-0.25, -0.2) is 0 Å². The second kappa shape index (κ2) is 10.4. The van der Waals surface area contributed by atoms with Gasteiger partial charge in [-0.05, 0) is 12.8 Å². The van der Waals surface area contributed by atoms with Crippen LogP contribution < -0.4 is 0 Å². The molecule has 1 atom stereocenters. The Kier molecular flexibility index (Phi) is 12.1. The minimum absolute atomic E-state index is 0.0984. The van der Waals surface area contributed by atoms with Crippen molar-refractivity contribution in [3.05, 3.63) is 0 Å². The normalized spacial score (nSPS) is 11.3. The molecule has 0 rings (SSSR count). The maximum atomic E-state index is 9.00. The minimum atomic E-state index is -0.833. The molecule has 0 aliphatic rings. The van der Waals surface area contributed by atoms with Crippen molar-refractivity contribution in [1.29, 1.82) is 0 Å². The summed E-state index contributed by atoms with van der Waals surface area (Å²) in [6, 6.07) is 0. The van der Waals surface area contributed by atoms with Gasteiger partial charge < -0.3 is 15.3 Å². The number of hydrogen-bond acceptors (Lipinski definition) is 3. The van der Waals surface area contributed by atoms with Gasteiger partial charge in [-0.15, -0.1) is 0 Å². The third-order valence-electron chi connectivity index (χ3n) is 1.08. The van der Waals surface area contributed by atoms with Crippen LogP contribution in [0.15, 0.2) is 0 Å². The van der Waals surface area contributed by atoms with Crippen molar-refractivity contribution in [3.63, 3.8) is 0 Å². The quantitative estimate of drug-likeness (QED) is 0.589. The number of aliphatic hydroxyl groups is 2. The number of aliphatic hydroxyl groups excluding tert-OH is 2. The average Bonchev–Trinajstić information content (AvgIpc) is 1.87. The number of aliphatic carboxylic acids is 1. The second-order valence-corrected chi connectivity index (χ2v) is 2.47. The molecule has 0 heterocycles. The molecule has 0 bridgehead atoms. The first-order valence-corrected chi connectivity index (χ1v) is 4.03. The molecule has 12 heavy (non-hydrogen) atoms. The molecule has 0 spiro atoms. The largest absolute Gasteiger partial charge is 0.481 e. The molecule has 3 N–H and O–H groups in total. The molecule has 0 amide bonds. The van der Waals surface area contributed by atoms with Crippen LogP contribution in [0.3, 0.4) is 0 Å². The van der Waals surface area contributed by atoms with E-state index in [-0.39, 0.29) is 12.7 Å². The fraction of sp³-hybridized carbons (Fsp3) is 0.875. The van der Waals surface area contributed by atoms with Crippen LogP contribution in [-0.2, 0) is 4.79 Å². The lowest BCUT2D eigenvalue weighted by atomic mass is 10.2. The maximum Gasteiger partial charge on any atom is 0.300 e. The van der Waals surface area contributed by atoms with Crippen LogP contribution in [-0.4, -0.2) is 34.0 Å². The van der Waals surface area contributed by atoms with Gasteiger partial charge in [0.2, 0.25) is 0 Å². The van der Waals surface area contributed by atoms with Crippen LogP contribution in [0.2, 0.25) is 0 Å². The van der Waals surface area contributed by atoms with Crippen molar-refractivity contribution in [3.8, 4) is 0 Å². The Labute approximate surface area is 72.8 Å². The molecule has 0 aliphatic carbocycles. The van der Waals surface area contributed by atoms with Crippen LogP contribution in [0.1, 0.15) is 33.1 Å². The van der Waals surface area contributed by atoms with Crippen molar-refractivity contribution < 1.29 is 20.1 Å². The highest BCUT2D eigenvalue weighted by Crippen LogP contribution is 1.98. The highest BCUT2D eigenvalue weighted by atomic mass is 16.4. The number of carboxylic acids is 1. The van der Waals surface area contributed by atoms with Gasteiger partial charge >= 0.3 is 0 Å². The minimum Gasteiger partial charge on any atom is -0.481 e. The summed E-state index contributed by atoms with van der Waals surface area (Å²) in [5.41, 5.74) is 0. The Morgan fingerprint density at radius 3 is 2.08 bits per heavy atom. The van der Waals surface area contributed by atoms with Crippen molar-refractivity contribution in [2.75, 3.05) is 6.61 Å². The van der Waals surface area contributed by atoms with Crippen molar-refractivity contribution >= 4 is 5.97 Å². The fourth-order valence-electron chi connectivity index (χ4n) is 0.627. The molecule has 4 nitrogen and oxygen atoms in total. The van der Waals surface area contributed by atoms with E-state index >= 15 is 0 Å². The topological polar surface area (TPSA) is 77.8 Å². The molecule has 4 heteroatoms. The predicted octanol–water partition coefficient (Wildman–Crippen LogP) is 0.621. The molecule has 0 aromatic carbocycles. The molecule has 1 unspecified atom stereocenters. The Morgan fingerprint density at radius 1 is 1.42 bits per heavy atom. The van der Waals surface area contributed by atoms with Gasteiger partial charge in [0.05, 0.1) is 6.10 Å². The first-order chi connectivity index (χ1) is 5.54. The van der Waals surface area contributed by atoms with E-state index < -0.39 is 5.97 Å². The van der Waals surface area contributed by atoms with E-state index in [2.05, 4.69) is 0 Å². The zero-order valence-corrected chi connectivity index (χ0v) is 7.66. The number of carboxylic acid groups (broad SMARTS) is 1. The molecule has 0 aromatic heterocycles. The van der Waals surface area contributed by atoms with E-state index in [4.69, 9.17) is 20.1 Å². The molecule has 0 fully saturated rings. The predicted molar refractivity (Wildman–Crippen MR) is 45.9 cm³/mol. The standard InChI is InChI=1S/C6H14O2.C2H4O2/c1-2-3-6(8)4-5-7;1-2(3)4/h6-8H,2-5H2,1H3;1H3,(H,3,4). The van der Waals surface area contributed by atoms with Gasteiger partial charge in [-0.1, -0.05) is 13.3 Å². The highest BCUT2D eigenvalue weighted by molar-refractivity contribution is 5.62. The summed E-state index contributed by atoms with van der Waals surface area (Å²) in [4.78, 5) is 9.00. The van der Waals surface area contributed by atoms with Crippen LogP contribution in [0.4, 0.5) is 0 Å². The summed E-state index contributed by atoms with van der Waals surface area (Å²) in [5, 5.41) is 24.6. The Morgan fingerprint density at radius 2 is 1.83 bits per heavy atom. The molecule has 0 saturated heterocycles. The van der Waals surface area contributed by atoms with Gasteiger partial charge in [-0.3, -0.25) is 4.79 Å². The van der Waals surface area contributed by atoms with E-state index in [0.29, 0.717) is 6.42 Å². The number of carbonyl (C=O) groups is 1. The summed E-state index contributed by atoms with van der Waals surface area (Å²) in [7, 11) is 0. The van der Waals surface area contributed by atoms with E-state index in [1.807, 2.05) is 6.92 Å². The van der Waals surface area contributed by atoms with Gasteiger partial charge in [0.1, 0.15) is 0 Å². The molecular formula is C8H18O4. The first kappa shape index (κ1) is 13.9. The van der Waals surface area contributed by atoms with E-state index in [0.717, 1.165) is 19.8 Å². The molecule has 0 aromatic rings. The zero-order valence-electron chi connectivity index (χ0n) is 7.66. The monoisotopic (exact) mass is 178 g/mol. The van der Waals surface area contributed by atoms with E-state index in [1.54, 1.807) is 0 Å².